The van der Waals surface area contributed by atoms with Crippen LogP contribution < -0.4 is 9.47 Å². The number of thiazole rings is 1. The normalized spacial score (nSPS) is 16.3. The molecule has 1 saturated heterocycles. The number of carbonyl (C=O) groups is 1. The Labute approximate surface area is 191 Å². The third kappa shape index (κ3) is 5.28. The molecule has 0 N–H and O–H groups in total. The SMILES string of the molecule is COc1ccc(CCC2CCCCN2C(=O)Cc2csc(-c3cccs3)n2)cc1OC. The first-order valence-corrected chi connectivity index (χ1v) is 12.4. The molecule has 7 heteroatoms. The number of aromatic nitrogens is 1. The molecule has 1 amide bonds. The highest BCUT2D eigenvalue weighted by molar-refractivity contribution is 7.20. The van der Waals surface area contributed by atoms with E-state index in [9.17, 15) is 4.79 Å². The van der Waals surface area contributed by atoms with Gasteiger partial charge in [0.05, 0.1) is 31.2 Å². The summed E-state index contributed by atoms with van der Waals surface area (Å²) < 4.78 is 10.8. The highest BCUT2D eigenvalue weighted by Gasteiger charge is 2.27. The number of methoxy groups -OCH3 is 2. The second-order valence-electron chi connectivity index (χ2n) is 7.76. The molecule has 4 rings (SSSR count). The van der Waals surface area contributed by atoms with Crippen molar-refractivity contribution in [2.24, 2.45) is 0 Å². The fourth-order valence-corrected chi connectivity index (χ4v) is 5.79. The van der Waals surface area contributed by atoms with Crippen molar-refractivity contribution in [1.82, 2.24) is 9.88 Å². The van der Waals surface area contributed by atoms with Crippen LogP contribution in [0, 0.1) is 0 Å². The second kappa shape index (κ2) is 10.3. The predicted molar refractivity (Wildman–Crippen MR) is 126 cm³/mol. The molecule has 1 aromatic carbocycles. The number of thiophene rings is 1. The molecule has 164 valence electrons. The van der Waals surface area contributed by atoms with E-state index in [1.807, 2.05) is 23.6 Å². The monoisotopic (exact) mass is 456 g/mol. The third-order valence-electron chi connectivity index (χ3n) is 5.78. The van der Waals surface area contributed by atoms with Crippen molar-refractivity contribution >= 4 is 28.6 Å². The minimum absolute atomic E-state index is 0.194. The van der Waals surface area contributed by atoms with Gasteiger partial charge in [0.25, 0.3) is 0 Å². The van der Waals surface area contributed by atoms with E-state index in [-0.39, 0.29) is 11.9 Å². The van der Waals surface area contributed by atoms with Crippen LogP contribution in [0.15, 0.2) is 41.1 Å². The van der Waals surface area contributed by atoms with Crippen LogP contribution in [0.1, 0.15) is 36.9 Å². The van der Waals surface area contributed by atoms with E-state index in [1.54, 1.807) is 36.9 Å². The summed E-state index contributed by atoms with van der Waals surface area (Å²) in [6.07, 6.45) is 5.58. The lowest BCUT2D eigenvalue weighted by molar-refractivity contribution is -0.134. The molecule has 0 saturated carbocycles. The molecular formula is C24H28N2O3S2. The Morgan fingerprint density at radius 3 is 2.81 bits per heavy atom. The maximum Gasteiger partial charge on any atom is 0.228 e. The van der Waals surface area contributed by atoms with Crippen LogP contribution >= 0.6 is 22.7 Å². The molecule has 1 atom stereocenters. The molecule has 1 aliphatic rings. The predicted octanol–water partition coefficient (Wildman–Crippen LogP) is 5.45. The van der Waals surface area contributed by atoms with Gasteiger partial charge < -0.3 is 14.4 Å². The van der Waals surface area contributed by atoms with Gasteiger partial charge in [-0.2, -0.15) is 0 Å². The van der Waals surface area contributed by atoms with E-state index < -0.39 is 0 Å². The molecule has 3 heterocycles. The molecule has 1 aliphatic heterocycles. The Balaban J connectivity index is 1.38. The second-order valence-corrected chi connectivity index (χ2v) is 9.57. The lowest BCUT2D eigenvalue weighted by Gasteiger charge is -2.36. The molecule has 0 radical (unpaired) electrons. The third-order valence-corrected chi connectivity index (χ3v) is 7.71. The van der Waals surface area contributed by atoms with Crippen molar-refractivity contribution in [1.29, 1.82) is 0 Å². The van der Waals surface area contributed by atoms with Crippen LogP contribution in [-0.4, -0.2) is 42.6 Å². The Morgan fingerprint density at radius 2 is 2.03 bits per heavy atom. The highest BCUT2D eigenvalue weighted by atomic mass is 32.1. The number of benzene rings is 1. The van der Waals surface area contributed by atoms with Crippen LogP contribution in [-0.2, 0) is 17.6 Å². The first kappa shape index (κ1) is 21.8. The molecular weight excluding hydrogens is 428 g/mol. The topological polar surface area (TPSA) is 51.7 Å². The van der Waals surface area contributed by atoms with Gasteiger partial charge in [-0.15, -0.1) is 22.7 Å². The zero-order valence-corrected chi connectivity index (χ0v) is 19.6. The van der Waals surface area contributed by atoms with Crippen molar-refractivity contribution < 1.29 is 14.3 Å². The van der Waals surface area contributed by atoms with Gasteiger partial charge in [-0.3, -0.25) is 4.79 Å². The highest BCUT2D eigenvalue weighted by Crippen LogP contribution is 2.30. The summed E-state index contributed by atoms with van der Waals surface area (Å²) in [7, 11) is 3.31. The quantitative estimate of drug-likeness (QED) is 0.453. The van der Waals surface area contributed by atoms with Crippen LogP contribution in [0.3, 0.4) is 0 Å². The molecule has 1 fully saturated rings. The van der Waals surface area contributed by atoms with E-state index in [1.165, 1.54) is 12.0 Å². The van der Waals surface area contributed by atoms with Crippen molar-refractivity contribution in [3.63, 3.8) is 0 Å². The Hall–Kier alpha value is -2.38. The molecule has 0 aliphatic carbocycles. The summed E-state index contributed by atoms with van der Waals surface area (Å²) in [5.41, 5.74) is 2.08. The van der Waals surface area contributed by atoms with Crippen LogP contribution in [0.5, 0.6) is 11.5 Å². The number of hydrogen-bond acceptors (Lipinski definition) is 6. The molecule has 1 unspecified atom stereocenters. The number of piperidine rings is 1. The number of nitrogens with zero attached hydrogens (tertiary/aromatic N) is 2. The maximum absolute atomic E-state index is 13.1. The Bertz CT molecular complexity index is 1000. The molecule has 3 aromatic rings. The van der Waals surface area contributed by atoms with Crippen LogP contribution in [0.25, 0.3) is 9.88 Å². The zero-order chi connectivity index (χ0) is 21.6. The first-order chi connectivity index (χ1) is 15.2. The van der Waals surface area contributed by atoms with E-state index >= 15 is 0 Å². The summed E-state index contributed by atoms with van der Waals surface area (Å²) in [5, 5.41) is 5.08. The zero-order valence-electron chi connectivity index (χ0n) is 18.0. The Morgan fingerprint density at radius 1 is 1.16 bits per heavy atom. The number of rotatable bonds is 8. The van der Waals surface area contributed by atoms with Crippen molar-refractivity contribution in [3.05, 3.63) is 52.3 Å². The van der Waals surface area contributed by atoms with E-state index in [4.69, 9.17) is 14.5 Å². The number of carbonyl (C=O) groups excluding carboxylic acids is 1. The van der Waals surface area contributed by atoms with Crippen LogP contribution in [0.2, 0.25) is 0 Å². The summed E-state index contributed by atoms with van der Waals surface area (Å²) in [6, 6.07) is 10.5. The molecule has 2 aromatic heterocycles. The van der Waals surface area contributed by atoms with Gasteiger partial charge in [0.1, 0.15) is 5.01 Å². The fraction of sp³-hybridized carbons (Fsp3) is 0.417. The lowest BCUT2D eigenvalue weighted by atomic mass is 9.95. The number of amides is 1. The van der Waals surface area contributed by atoms with Gasteiger partial charge in [0.2, 0.25) is 5.91 Å². The van der Waals surface area contributed by atoms with Gasteiger partial charge in [-0.1, -0.05) is 12.1 Å². The van der Waals surface area contributed by atoms with Gasteiger partial charge in [0.15, 0.2) is 11.5 Å². The Kier molecular flexibility index (Phi) is 7.25. The summed E-state index contributed by atoms with van der Waals surface area (Å²) in [4.78, 5) is 21.1. The first-order valence-electron chi connectivity index (χ1n) is 10.7. The average Bonchev–Trinajstić information content (AvgIpc) is 3.49. The van der Waals surface area contributed by atoms with E-state index in [2.05, 4.69) is 22.4 Å². The van der Waals surface area contributed by atoms with Gasteiger partial charge in [0, 0.05) is 18.0 Å². The summed E-state index contributed by atoms with van der Waals surface area (Å²) >= 11 is 3.30. The average molecular weight is 457 g/mol. The summed E-state index contributed by atoms with van der Waals surface area (Å²) in [5.74, 6) is 1.69. The molecule has 5 nitrogen and oxygen atoms in total. The fourth-order valence-electron chi connectivity index (χ4n) is 4.16. The smallest absolute Gasteiger partial charge is 0.228 e. The minimum Gasteiger partial charge on any atom is -0.493 e. The maximum atomic E-state index is 13.1. The summed E-state index contributed by atoms with van der Waals surface area (Å²) in [6.45, 7) is 0.845. The van der Waals surface area contributed by atoms with E-state index in [0.717, 1.165) is 59.3 Å². The van der Waals surface area contributed by atoms with Crippen molar-refractivity contribution in [2.45, 2.75) is 44.6 Å². The van der Waals surface area contributed by atoms with Gasteiger partial charge in [-0.05, 0) is 61.2 Å². The largest absolute Gasteiger partial charge is 0.493 e. The van der Waals surface area contributed by atoms with Crippen molar-refractivity contribution in [2.75, 3.05) is 20.8 Å². The van der Waals surface area contributed by atoms with Crippen LogP contribution in [0.4, 0.5) is 0 Å². The lowest BCUT2D eigenvalue weighted by Crippen LogP contribution is -2.44. The van der Waals surface area contributed by atoms with E-state index in [0.29, 0.717) is 6.42 Å². The number of aryl methyl sites for hydroxylation is 1. The van der Waals surface area contributed by atoms with Gasteiger partial charge >= 0.3 is 0 Å². The standard InChI is InChI=1S/C24H28N2O3S2/c1-28-20-11-9-17(14-21(20)29-2)8-10-19-6-3-4-12-26(19)23(27)15-18-16-31-24(25-18)22-7-5-13-30-22/h5,7,9,11,13-14,16,19H,3-4,6,8,10,12,15H2,1-2H3. The van der Waals surface area contributed by atoms with Gasteiger partial charge in [-0.25, -0.2) is 4.98 Å². The number of likely N-dealkylation sites (tertiary alicyclic amines) is 1. The van der Waals surface area contributed by atoms with Crippen molar-refractivity contribution in [3.8, 4) is 21.4 Å². The number of ether oxygens (including phenoxy) is 2. The molecule has 0 spiro atoms. The minimum atomic E-state index is 0.194. The molecule has 31 heavy (non-hydrogen) atoms. The number of hydrogen-bond donors (Lipinski definition) is 0. The molecule has 0 bridgehead atoms.